The molecule has 1 aromatic heterocycles. The maximum atomic E-state index is 5.69. The molecule has 142 valence electrons. The first-order chi connectivity index (χ1) is 12.6. The number of oxazole rings is 1. The number of guanidine groups is 1. The molecule has 0 radical (unpaired) electrons. The first kappa shape index (κ1) is 19.8. The van der Waals surface area contributed by atoms with Gasteiger partial charge in [0.25, 0.3) is 0 Å². The van der Waals surface area contributed by atoms with E-state index in [9.17, 15) is 0 Å². The zero-order chi connectivity index (χ0) is 18.8. The van der Waals surface area contributed by atoms with Gasteiger partial charge in [-0.15, -0.1) is 0 Å². The van der Waals surface area contributed by atoms with Crippen molar-refractivity contribution < 1.29 is 9.15 Å². The summed E-state index contributed by atoms with van der Waals surface area (Å²) < 4.78 is 11.2. The molecule has 0 aliphatic heterocycles. The molecule has 1 aromatic carbocycles. The summed E-state index contributed by atoms with van der Waals surface area (Å²) in [6.45, 7) is 8.10. The zero-order valence-electron chi connectivity index (χ0n) is 16.3. The van der Waals surface area contributed by atoms with Crippen LogP contribution in [-0.4, -0.2) is 31.1 Å². The van der Waals surface area contributed by atoms with Crippen LogP contribution in [0.15, 0.2) is 33.7 Å². The number of ether oxygens (including phenoxy) is 1. The average molecular weight is 358 g/mol. The van der Waals surface area contributed by atoms with E-state index in [1.165, 1.54) is 5.56 Å². The van der Waals surface area contributed by atoms with Crippen molar-refractivity contribution in [3.8, 4) is 5.75 Å². The number of rotatable bonds is 9. The Hall–Kier alpha value is -2.50. The number of hydrogen-bond donors (Lipinski definition) is 2. The van der Waals surface area contributed by atoms with Crippen LogP contribution in [0.2, 0.25) is 0 Å². The fourth-order valence-electron chi connectivity index (χ4n) is 2.41. The smallest absolute Gasteiger partial charge is 0.214 e. The molecule has 0 amide bonds. The number of nitrogens with one attached hydrogen (secondary N) is 2. The Labute approximate surface area is 156 Å². The van der Waals surface area contributed by atoms with Crippen LogP contribution in [0.1, 0.15) is 42.7 Å². The van der Waals surface area contributed by atoms with Crippen molar-refractivity contribution >= 4 is 5.96 Å². The van der Waals surface area contributed by atoms with Gasteiger partial charge in [-0.2, -0.15) is 0 Å². The molecule has 0 saturated heterocycles. The number of nitrogens with zero attached hydrogens (tertiary/aromatic N) is 2. The predicted molar refractivity (Wildman–Crippen MR) is 105 cm³/mol. The van der Waals surface area contributed by atoms with Crippen LogP contribution in [0.4, 0.5) is 0 Å². The topological polar surface area (TPSA) is 71.7 Å². The number of hydrogen-bond acceptors (Lipinski definition) is 4. The number of benzene rings is 1. The van der Waals surface area contributed by atoms with Crippen LogP contribution in [-0.2, 0) is 13.0 Å². The highest BCUT2D eigenvalue weighted by Crippen LogP contribution is 2.13. The molecule has 0 aliphatic carbocycles. The van der Waals surface area contributed by atoms with Crippen LogP contribution in [0.3, 0.4) is 0 Å². The molecule has 0 spiro atoms. The van der Waals surface area contributed by atoms with E-state index in [-0.39, 0.29) is 0 Å². The van der Waals surface area contributed by atoms with Gasteiger partial charge in [-0.25, -0.2) is 4.98 Å². The Morgan fingerprint density at radius 2 is 1.96 bits per heavy atom. The van der Waals surface area contributed by atoms with Gasteiger partial charge in [0.05, 0.1) is 18.8 Å². The van der Waals surface area contributed by atoms with Gasteiger partial charge in [0.15, 0.2) is 5.96 Å². The molecular weight excluding hydrogens is 328 g/mol. The second-order valence-corrected chi connectivity index (χ2v) is 6.20. The van der Waals surface area contributed by atoms with Crippen LogP contribution >= 0.6 is 0 Å². The van der Waals surface area contributed by atoms with E-state index in [1.54, 1.807) is 7.05 Å². The zero-order valence-corrected chi connectivity index (χ0v) is 16.3. The predicted octanol–water partition coefficient (Wildman–Crippen LogP) is 3.38. The lowest BCUT2D eigenvalue weighted by Crippen LogP contribution is -2.37. The molecule has 0 unspecified atom stereocenters. The van der Waals surface area contributed by atoms with E-state index in [4.69, 9.17) is 9.15 Å². The normalized spacial score (nSPS) is 11.5. The molecule has 6 nitrogen and oxygen atoms in total. The van der Waals surface area contributed by atoms with Crippen molar-refractivity contribution in [1.29, 1.82) is 0 Å². The summed E-state index contributed by atoms with van der Waals surface area (Å²) in [4.78, 5) is 8.58. The quantitative estimate of drug-likeness (QED) is 0.408. The highest BCUT2D eigenvalue weighted by molar-refractivity contribution is 5.79. The highest BCUT2D eigenvalue weighted by Gasteiger charge is 2.06. The second-order valence-electron chi connectivity index (χ2n) is 6.20. The third kappa shape index (κ3) is 6.43. The van der Waals surface area contributed by atoms with E-state index >= 15 is 0 Å². The van der Waals surface area contributed by atoms with Gasteiger partial charge in [-0.1, -0.05) is 25.5 Å². The van der Waals surface area contributed by atoms with Gasteiger partial charge in [0.2, 0.25) is 5.89 Å². The molecule has 2 aromatic rings. The molecule has 26 heavy (non-hydrogen) atoms. The monoisotopic (exact) mass is 358 g/mol. The molecule has 0 bridgehead atoms. The van der Waals surface area contributed by atoms with Crippen LogP contribution in [0.5, 0.6) is 5.75 Å². The third-order valence-electron chi connectivity index (χ3n) is 4.10. The van der Waals surface area contributed by atoms with Gasteiger partial charge in [-0.05, 0) is 44.4 Å². The minimum absolute atomic E-state index is 0.512. The number of aliphatic imine (C=N–C) groups is 1. The molecular formula is C20H30N4O2. The van der Waals surface area contributed by atoms with Crippen LogP contribution in [0.25, 0.3) is 0 Å². The van der Waals surface area contributed by atoms with E-state index < -0.39 is 0 Å². The minimum Gasteiger partial charge on any atom is -0.494 e. The standard InChI is InChI=1S/C20H30N4O2/c1-5-6-13-25-18-9-7-17(8-10-18)11-12-22-20(21-4)23-14-19-24-15(2)16(3)26-19/h7-10H,5-6,11-14H2,1-4H3,(H2,21,22,23). The van der Waals surface area contributed by atoms with Crippen molar-refractivity contribution in [3.05, 3.63) is 47.2 Å². The summed E-state index contributed by atoms with van der Waals surface area (Å²) in [6, 6.07) is 8.28. The Morgan fingerprint density at radius 3 is 2.58 bits per heavy atom. The Morgan fingerprint density at radius 1 is 1.19 bits per heavy atom. The largest absolute Gasteiger partial charge is 0.494 e. The molecule has 1 heterocycles. The molecule has 0 saturated carbocycles. The van der Waals surface area contributed by atoms with Gasteiger partial charge in [0.1, 0.15) is 11.5 Å². The lowest BCUT2D eigenvalue weighted by molar-refractivity contribution is 0.309. The van der Waals surface area contributed by atoms with E-state index in [2.05, 4.69) is 39.7 Å². The lowest BCUT2D eigenvalue weighted by Gasteiger charge is -2.11. The number of unbranched alkanes of at least 4 members (excludes halogenated alkanes) is 1. The Bertz CT molecular complexity index is 673. The average Bonchev–Trinajstić information content (AvgIpc) is 2.97. The maximum Gasteiger partial charge on any atom is 0.214 e. The van der Waals surface area contributed by atoms with E-state index in [0.717, 1.165) is 55.6 Å². The van der Waals surface area contributed by atoms with E-state index in [1.807, 2.05) is 26.0 Å². The van der Waals surface area contributed by atoms with Crippen molar-refractivity contribution in [2.24, 2.45) is 4.99 Å². The molecule has 2 rings (SSSR count). The SMILES string of the molecule is CCCCOc1ccc(CCNC(=NC)NCc2nc(C)c(C)o2)cc1. The van der Waals surface area contributed by atoms with Gasteiger partial charge < -0.3 is 19.8 Å². The van der Waals surface area contributed by atoms with Gasteiger partial charge in [-0.3, -0.25) is 4.99 Å². The second kappa shape index (κ2) is 10.5. The third-order valence-corrected chi connectivity index (χ3v) is 4.10. The van der Waals surface area contributed by atoms with Crippen molar-refractivity contribution in [1.82, 2.24) is 15.6 Å². The minimum atomic E-state index is 0.512. The Kier molecular flexibility index (Phi) is 7.99. The van der Waals surface area contributed by atoms with E-state index in [0.29, 0.717) is 12.4 Å². The summed E-state index contributed by atoms with van der Waals surface area (Å²) in [5.74, 6) is 3.19. The van der Waals surface area contributed by atoms with Crippen molar-refractivity contribution in [3.63, 3.8) is 0 Å². The highest BCUT2D eigenvalue weighted by atomic mass is 16.5. The molecule has 0 atom stereocenters. The number of aryl methyl sites for hydroxylation is 2. The fourth-order valence-corrected chi connectivity index (χ4v) is 2.41. The summed E-state index contributed by atoms with van der Waals surface area (Å²) in [7, 11) is 1.75. The molecule has 2 N–H and O–H groups in total. The Balaban J connectivity index is 1.71. The number of aromatic nitrogens is 1. The summed E-state index contributed by atoms with van der Waals surface area (Å²) in [5, 5.41) is 6.52. The molecule has 0 aliphatic rings. The lowest BCUT2D eigenvalue weighted by atomic mass is 10.1. The van der Waals surface area contributed by atoms with Crippen LogP contribution in [0, 0.1) is 13.8 Å². The van der Waals surface area contributed by atoms with Gasteiger partial charge >= 0.3 is 0 Å². The fraction of sp³-hybridized carbons (Fsp3) is 0.500. The summed E-state index contributed by atoms with van der Waals surface area (Å²) >= 11 is 0. The molecule has 6 heteroatoms. The van der Waals surface area contributed by atoms with Crippen molar-refractivity contribution in [2.75, 3.05) is 20.2 Å². The summed E-state index contributed by atoms with van der Waals surface area (Å²) in [6.07, 6.45) is 3.14. The van der Waals surface area contributed by atoms with Gasteiger partial charge in [0, 0.05) is 13.6 Å². The van der Waals surface area contributed by atoms with Crippen LogP contribution < -0.4 is 15.4 Å². The first-order valence-corrected chi connectivity index (χ1v) is 9.21. The molecule has 0 fully saturated rings. The maximum absolute atomic E-state index is 5.69. The first-order valence-electron chi connectivity index (χ1n) is 9.21. The van der Waals surface area contributed by atoms with Crippen molar-refractivity contribution in [2.45, 2.75) is 46.6 Å². The summed E-state index contributed by atoms with van der Waals surface area (Å²) in [5.41, 5.74) is 2.18.